The fourth-order valence-electron chi connectivity index (χ4n) is 1.51. The van der Waals surface area contributed by atoms with E-state index in [-0.39, 0.29) is 19.0 Å². The lowest BCUT2D eigenvalue weighted by molar-refractivity contribution is -0.137. The number of carbonyl (C=O) groups is 2. The minimum atomic E-state index is -1.00. The van der Waals surface area contributed by atoms with Gasteiger partial charge in [-0.1, -0.05) is 5.21 Å². The van der Waals surface area contributed by atoms with Gasteiger partial charge < -0.3 is 10.4 Å². The molecular weight excluding hydrogens is 262 g/mol. The molecule has 104 valence electrons. The number of carbonyl (C=O) groups excluding carboxylic acids is 1. The Morgan fingerprint density at radius 2 is 2.20 bits per heavy atom. The van der Waals surface area contributed by atoms with Crippen molar-refractivity contribution in [3.05, 3.63) is 41.5 Å². The summed E-state index contributed by atoms with van der Waals surface area (Å²) in [4.78, 5) is 26.3. The smallest absolute Gasteiger partial charge is 0.325 e. The zero-order valence-electron chi connectivity index (χ0n) is 10.8. The van der Waals surface area contributed by atoms with Crippen LogP contribution < -0.4 is 5.32 Å². The number of aromatic nitrogens is 4. The van der Waals surface area contributed by atoms with E-state index in [1.165, 1.54) is 17.1 Å². The number of carboxylic acid groups (broad SMARTS) is 1. The molecule has 0 radical (unpaired) electrons. The molecule has 0 saturated carbocycles. The van der Waals surface area contributed by atoms with Crippen LogP contribution in [0.25, 0.3) is 0 Å². The highest BCUT2D eigenvalue weighted by Crippen LogP contribution is 2.00. The van der Waals surface area contributed by atoms with Gasteiger partial charge in [-0.25, -0.2) is 4.68 Å². The largest absolute Gasteiger partial charge is 0.480 e. The van der Waals surface area contributed by atoms with Gasteiger partial charge in [0.05, 0.1) is 18.3 Å². The van der Waals surface area contributed by atoms with Crippen molar-refractivity contribution in [1.82, 2.24) is 25.3 Å². The lowest BCUT2D eigenvalue weighted by Gasteiger charge is -2.02. The van der Waals surface area contributed by atoms with E-state index in [9.17, 15) is 9.59 Å². The topological polar surface area (TPSA) is 110 Å². The second kappa shape index (κ2) is 5.91. The summed E-state index contributed by atoms with van der Waals surface area (Å²) < 4.78 is 1.19. The van der Waals surface area contributed by atoms with Gasteiger partial charge in [0.15, 0.2) is 0 Å². The van der Waals surface area contributed by atoms with Gasteiger partial charge in [0.2, 0.25) is 0 Å². The van der Waals surface area contributed by atoms with Crippen molar-refractivity contribution in [2.75, 3.05) is 0 Å². The van der Waals surface area contributed by atoms with Gasteiger partial charge in [0.1, 0.15) is 12.2 Å². The number of hydrogen-bond donors (Lipinski definition) is 2. The summed E-state index contributed by atoms with van der Waals surface area (Å²) in [5, 5.41) is 18.7. The summed E-state index contributed by atoms with van der Waals surface area (Å²) in [5.41, 5.74) is 1.77. The van der Waals surface area contributed by atoms with Crippen LogP contribution in [-0.2, 0) is 17.9 Å². The van der Waals surface area contributed by atoms with Gasteiger partial charge in [-0.2, -0.15) is 0 Å². The van der Waals surface area contributed by atoms with E-state index in [0.29, 0.717) is 11.3 Å². The number of pyridine rings is 1. The molecule has 0 atom stereocenters. The average molecular weight is 275 g/mol. The average Bonchev–Trinajstić information content (AvgIpc) is 2.83. The molecular formula is C12H13N5O3. The minimum absolute atomic E-state index is 0.173. The molecule has 20 heavy (non-hydrogen) atoms. The van der Waals surface area contributed by atoms with Gasteiger partial charge in [-0.3, -0.25) is 14.6 Å². The molecule has 2 heterocycles. The number of carboxylic acids is 1. The molecule has 0 aliphatic heterocycles. The van der Waals surface area contributed by atoms with Crippen molar-refractivity contribution in [2.24, 2.45) is 0 Å². The highest BCUT2D eigenvalue weighted by molar-refractivity contribution is 5.93. The van der Waals surface area contributed by atoms with Gasteiger partial charge in [-0.05, 0) is 19.1 Å². The molecule has 0 saturated heterocycles. The molecule has 0 aliphatic rings. The highest BCUT2D eigenvalue weighted by Gasteiger charge is 2.08. The molecule has 0 fully saturated rings. The molecule has 0 spiro atoms. The fraction of sp³-hybridized carbons (Fsp3) is 0.250. The minimum Gasteiger partial charge on any atom is -0.480 e. The second-order valence-electron chi connectivity index (χ2n) is 4.17. The summed E-state index contributed by atoms with van der Waals surface area (Å²) in [6, 6.07) is 3.43. The van der Waals surface area contributed by atoms with Gasteiger partial charge >= 0.3 is 5.97 Å². The third-order valence-corrected chi connectivity index (χ3v) is 2.49. The molecule has 2 N–H and O–H groups in total. The van der Waals surface area contributed by atoms with Crippen molar-refractivity contribution < 1.29 is 14.7 Å². The third kappa shape index (κ3) is 3.61. The number of hydrogen-bond acceptors (Lipinski definition) is 5. The number of aliphatic carboxylic acids is 1. The predicted octanol–water partition coefficient (Wildman–Crippen LogP) is -0.00388. The van der Waals surface area contributed by atoms with Gasteiger partial charge in [0.25, 0.3) is 5.91 Å². The van der Waals surface area contributed by atoms with Crippen molar-refractivity contribution in [1.29, 1.82) is 0 Å². The summed E-state index contributed by atoms with van der Waals surface area (Å²) in [5.74, 6) is -1.28. The first-order valence-electron chi connectivity index (χ1n) is 5.86. The molecule has 0 bridgehead atoms. The first-order valence-corrected chi connectivity index (χ1v) is 5.86. The van der Waals surface area contributed by atoms with E-state index in [1.807, 2.05) is 6.92 Å². The zero-order chi connectivity index (χ0) is 14.5. The van der Waals surface area contributed by atoms with Crippen LogP contribution in [0, 0.1) is 6.92 Å². The van der Waals surface area contributed by atoms with E-state index >= 15 is 0 Å². The van der Waals surface area contributed by atoms with Crippen molar-refractivity contribution in [2.45, 2.75) is 20.0 Å². The Hall–Kier alpha value is -2.77. The van der Waals surface area contributed by atoms with Gasteiger partial charge in [0, 0.05) is 11.9 Å². The Labute approximate surface area is 114 Å². The zero-order valence-corrected chi connectivity index (χ0v) is 10.8. The first kappa shape index (κ1) is 13.7. The lowest BCUT2D eigenvalue weighted by Crippen LogP contribution is -2.23. The van der Waals surface area contributed by atoms with Crippen molar-refractivity contribution in [3.63, 3.8) is 0 Å². The number of aryl methyl sites for hydroxylation is 1. The van der Waals surface area contributed by atoms with E-state index in [4.69, 9.17) is 5.11 Å². The molecule has 0 unspecified atom stereocenters. The van der Waals surface area contributed by atoms with Gasteiger partial charge in [-0.15, -0.1) is 5.10 Å². The summed E-state index contributed by atoms with van der Waals surface area (Å²) in [7, 11) is 0. The monoisotopic (exact) mass is 275 g/mol. The second-order valence-corrected chi connectivity index (χ2v) is 4.17. The maximum absolute atomic E-state index is 11.8. The van der Waals surface area contributed by atoms with E-state index in [2.05, 4.69) is 20.6 Å². The van der Waals surface area contributed by atoms with Crippen LogP contribution in [0.4, 0.5) is 0 Å². The first-order chi connectivity index (χ1) is 9.54. The standard InChI is InChI=1S/C12H13N5O3/c1-8-2-3-9(4-13-8)12(20)14-5-10-6-17(16-15-10)7-11(18)19/h2-4,6H,5,7H2,1H3,(H,14,20)(H,18,19). The maximum Gasteiger partial charge on any atom is 0.325 e. The summed E-state index contributed by atoms with van der Waals surface area (Å²) in [6.07, 6.45) is 2.97. The Bertz CT molecular complexity index is 620. The van der Waals surface area contributed by atoms with Crippen LogP contribution in [-0.4, -0.2) is 37.0 Å². The third-order valence-electron chi connectivity index (χ3n) is 2.49. The molecule has 0 aliphatic carbocycles. The number of rotatable bonds is 5. The molecule has 2 rings (SSSR count). The van der Waals surface area contributed by atoms with E-state index < -0.39 is 5.97 Å². The van der Waals surface area contributed by atoms with Crippen LogP contribution in [0.2, 0.25) is 0 Å². The van der Waals surface area contributed by atoms with E-state index in [0.717, 1.165) is 5.69 Å². The van der Waals surface area contributed by atoms with Crippen molar-refractivity contribution in [3.8, 4) is 0 Å². The van der Waals surface area contributed by atoms with Crippen LogP contribution in [0.1, 0.15) is 21.7 Å². The Kier molecular flexibility index (Phi) is 4.04. The quantitative estimate of drug-likeness (QED) is 0.794. The van der Waals surface area contributed by atoms with Crippen LogP contribution in [0.5, 0.6) is 0 Å². The maximum atomic E-state index is 11.8. The number of nitrogens with zero attached hydrogens (tertiary/aromatic N) is 4. The van der Waals surface area contributed by atoms with Crippen molar-refractivity contribution >= 4 is 11.9 Å². The van der Waals surface area contributed by atoms with Crippen LogP contribution >= 0.6 is 0 Å². The molecule has 1 amide bonds. The Morgan fingerprint density at radius 1 is 1.40 bits per heavy atom. The molecule has 8 nitrogen and oxygen atoms in total. The van der Waals surface area contributed by atoms with E-state index in [1.54, 1.807) is 12.1 Å². The normalized spacial score (nSPS) is 10.2. The Balaban J connectivity index is 1.91. The molecule has 2 aromatic rings. The number of amides is 1. The Morgan fingerprint density at radius 3 is 2.85 bits per heavy atom. The SMILES string of the molecule is Cc1ccc(C(=O)NCc2cn(CC(=O)O)nn2)cn1. The predicted molar refractivity (Wildman–Crippen MR) is 67.8 cm³/mol. The molecule has 2 aromatic heterocycles. The fourth-order valence-corrected chi connectivity index (χ4v) is 1.51. The van der Waals surface area contributed by atoms with Crippen LogP contribution in [0.3, 0.4) is 0 Å². The lowest BCUT2D eigenvalue weighted by atomic mass is 10.2. The molecule has 8 heteroatoms. The molecule has 0 aromatic carbocycles. The highest BCUT2D eigenvalue weighted by atomic mass is 16.4. The van der Waals surface area contributed by atoms with Crippen LogP contribution in [0.15, 0.2) is 24.5 Å². The summed E-state index contributed by atoms with van der Waals surface area (Å²) >= 11 is 0. The number of nitrogens with one attached hydrogen (secondary N) is 1. The summed E-state index contributed by atoms with van der Waals surface area (Å²) in [6.45, 7) is 1.75.